The zero-order valence-corrected chi connectivity index (χ0v) is 5.90. The van der Waals surface area contributed by atoms with E-state index in [0.29, 0.717) is 5.92 Å². The van der Waals surface area contributed by atoms with Crippen LogP contribution in [0, 0.1) is 5.92 Å². The first kappa shape index (κ1) is 6.09. The summed E-state index contributed by atoms with van der Waals surface area (Å²) >= 11 is 0. The highest BCUT2D eigenvalue weighted by molar-refractivity contribution is 4.84. The van der Waals surface area contributed by atoms with Gasteiger partial charge in [0.15, 0.2) is 0 Å². The van der Waals surface area contributed by atoms with E-state index >= 15 is 0 Å². The summed E-state index contributed by atoms with van der Waals surface area (Å²) in [6, 6.07) is 0. The molecule has 1 saturated heterocycles. The molecule has 0 aromatic carbocycles. The smallest absolute Gasteiger partial charge is 0.0699 e. The van der Waals surface area contributed by atoms with E-state index in [9.17, 15) is 0 Å². The van der Waals surface area contributed by atoms with Crippen LogP contribution in [-0.2, 0) is 4.74 Å². The molecule has 0 saturated carbocycles. The summed E-state index contributed by atoms with van der Waals surface area (Å²) in [5.74, 6) is 0.677. The van der Waals surface area contributed by atoms with Gasteiger partial charge in [-0.15, -0.1) is 0 Å². The van der Waals surface area contributed by atoms with E-state index in [2.05, 4.69) is 20.8 Å². The Kier molecular flexibility index (Phi) is 1.31. The molecule has 1 heteroatoms. The second-order valence-corrected chi connectivity index (χ2v) is 3.07. The summed E-state index contributed by atoms with van der Waals surface area (Å²) in [5, 5.41) is 0. The maximum atomic E-state index is 5.38. The highest BCUT2D eigenvalue weighted by Crippen LogP contribution is 2.32. The number of hydrogen-bond acceptors (Lipinski definition) is 1. The monoisotopic (exact) mass is 114 g/mol. The minimum atomic E-state index is 0.222. The lowest BCUT2D eigenvalue weighted by Crippen LogP contribution is -2.45. The van der Waals surface area contributed by atoms with Gasteiger partial charge in [-0.3, -0.25) is 0 Å². The first-order valence-corrected chi connectivity index (χ1v) is 3.29. The SMILES string of the molecule is CC(C)C1(C)CCO1. The van der Waals surface area contributed by atoms with E-state index in [1.165, 1.54) is 6.42 Å². The van der Waals surface area contributed by atoms with Crippen LogP contribution in [0.15, 0.2) is 0 Å². The van der Waals surface area contributed by atoms with Crippen LogP contribution in [0.5, 0.6) is 0 Å². The van der Waals surface area contributed by atoms with Crippen LogP contribution in [0.1, 0.15) is 27.2 Å². The molecule has 0 amide bonds. The van der Waals surface area contributed by atoms with Gasteiger partial charge in [0.25, 0.3) is 0 Å². The lowest BCUT2D eigenvalue weighted by atomic mass is 9.85. The van der Waals surface area contributed by atoms with E-state index in [1.807, 2.05) is 0 Å². The Hall–Kier alpha value is -0.0400. The molecule has 0 aromatic heterocycles. The fourth-order valence-electron chi connectivity index (χ4n) is 0.879. The Balaban J connectivity index is 2.41. The Morgan fingerprint density at radius 2 is 2.00 bits per heavy atom. The van der Waals surface area contributed by atoms with E-state index in [0.717, 1.165) is 6.61 Å². The summed E-state index contributed by atoms with van der Waals surface area (Å²) in [6.07, 6.45) is 1.24. The van der Waals surface area contributed by atoms with Crippen molar-refractivity contribution >= 4 is 0 Å². The third-order valence-corrected chi connectivity index (χ3v) is 2.25. The fourth-order valence-corrected chi connectivity index (χ4v) is 0.879. The first-order chi connectivity index (χ1) is 3.65. The van der Waals surface area contributed by atoms with Gasteiger partial charge in [0.2, 0.25) is 0 Å². The van der Waals surface area contributed by atoms with Crippen LogP contribution in [0.2, 0.25) is 0 Å². The van der Waals surface area contributed by atoms with Crippen molar-refractivity contribution in [2.75, 3.05) is 6.61 Å². The summed E-state index contributed by atoms with van der Waals surface area (Å²) < 4.78 is 5.38. The highest BCUT2D eigenvalue weighted by atomic mass is 16.5. The standard InChI is InChI=1S/C7H14O/c1-6(2)7(3)4-5-8-7/h6H,4-5H2,1-3H3. The Morgan fingerprint density at radius 1 is 1.50 bits per heavy atom. The molecule has 1 rings (SSSR count). The normalized spacial score (nSPS) is 37.5. The Bertz CT molecular complexity index is 82.4. The van der Waals surface area contributed by atoms with Crippen LogP contribution in [0.25, 0.3) is 0 Å². The summed E-state index contributed by atoms with van der Waals surface area (Å²) in [6.45, 7) is 7.56. The van der Waals surface area contributed by atoms with E-state index in [4.69, 9.17) is 4.74 Å². The summed E-state index contributed by atoms with van der Waals surface area (Å²) in [7, 11) is 0. The molecule has 1 atom stereocenters. The number of rotatable bonds is 1. The Labute approximate surface area is 51.0 Å². The molecule has 1 unspecified atom stereocenters. The van der Waals surface area contributed by atoms with Crippen molar-refractivity contribution < 1.29 is 4.74 Å². The van der Waals surface area contributed by atoms with Crippen molar-refractivity contribution in [1.82, 2.24) is 0 Å². The summed E-state index contributed by atoms with van der Waals surface area (Å²) in [4.78, 5) is 0. The molecule has 0 aromatic rings. The second kappa shape index (κ2) is 1.73. The predicted octanol–water partition coefficient (Wildman–Crippen LogP) is 1.82. The van der Waals surface area contributed by atoms with Crippen LogP contribution in [0.4, 0.5) is 0 Å². The van der Waals surface area contributed by atoms with Crippen molar-refractivity contribution in [2.45, 2.75) is 32.8 Å². The van der Waals surface area contributed by atoms with Crippen molar-refractivity contribution in [1.29, 1.82) is 0 Å². The quantitative estimate of drug-likeness (QED) is 0.505. The van der Waals surface area contributed by atoms with Gasteiger partial charge in [0.1, 0.15) is 0 Å². The fraction of sp³-hybridized carbons (Fsp3) is 1.00. The zero-order chi connectivity index (χ0) is 6.20. The molecule has 1 aliphatic heterocycles. The van der Waals surface area contributed by atoms with Crippen LogP contribution in [-0.4, -0.2) is 12.2 Å². The van der Waals surface area contributed by atoms with Gasteiger partial charge in [-0.25, -0.2) is 0 Å². The average Bonchev–Trinajstić information content (AvgIpc) is 1.60. The van der Waals surface area contributed by atoms with Crippen molar-refractivity contribution in [3.8, 4) is 0 Å². The third-order valence-electron chi connectivity index (χ3n) is 2.25. The molecular weight excluding hydrogens is 100 g/mol. The van der Waals surface area contributed by atoms with Crippen molar-refractivity contribution in [2.24, 2.45) is 5.92 Å². The minimum Gasteiger partial charge on any atom is -0.375 e. The van der Waals surface area contributed by atoms with Gasteiger partial charge in [-0.1, -0.05) is 13.8 Å². The molecule has 0 bridgehead atoms. The summed E-state index contributed by atoms with van der Waals surface area (Å²) in [5.41, 5.74) is 0.222. The topological polar surface area (TPSA) is 9.23 Å². The van der Waals surface area contributed by atoms with Gasteiger partial charge in [-0.05, 0) is 19.3 Å². The minimum absolute atomic E-state index is 0.222. The second-order valence-electron chi connectivity index (χ2n) is 3.07. The number of hydrogen-bond donors (Lipinski definition) is 0. The van der Waals surface area contributed by atoms with Gasteiger partial charge in [-0.2, -0.15) is 0 Å². The molecule has 1 heterocycles. The lowest BCUT2D eigenvalue weighted by molar-refractivity contribution is -0.160. The van der Waals surface area contributed by atoms with Crippen LogP contribution >= 0.6 is 0 Å². The highest BCUT2D eigenvalue weighted by Gasteiger charge is 2.35. The number of ether oxygens (including phenoxy) is 1. The molecule has 48 valence electrons. The first-order valence-electron chi connectivity index (χ1n) is 3.29. The van der Waals surface area contributed by atoms with E-state index in [-0.39, 0.29) is 5.60 Å². The van der Waals surface area contributed by atoms with Gasteiger partial charge in [0.05, 0.1) is 12.2 Å². The molecule has 8 heavy (non-hydrogen) atoms. The van der Waals surface area contributed by atoms with Crippen LogP contribution < -0.4 is 0 Å². The molecular formula is C7H14O. The lowest BCUT2D eigenvalue weighted by Gasteiger charge is -2.42. The molecule has 0 aliphatic carbocycles. The van der Waals surface area contributed by atoms with E-state index in [1.54, 1.807) is 0 Å². The average molecular weight is 114 g/mol. The van der Waals surface area contributed by atoms with Crippen LogP contribution in [0.3, 0.4) is 0 Å². The molecule has 1 fully saturated rings. The molecule has 0 N–H and O–H groups in total. The molecule has 1 nitrogen and oxygen atoms in total. The van der Waals surface area contributed by atoms with Gasteiger partial charge >= 0.3 is 0 Å². The molecule has 0 radical (unpaired) electrons. The predicted molar refractivity (Wildman–Crippen MR) is 33.8 cm³/mol. The zero-order valence-electron chi connectivity index (χ0n) is 5.90. The van der Waals surface area contributed by atoms with Gasteiger partial charge < -0.3 is 4.74 Å². The third kappa shape index (κ3) is 0.752. The molecule has 0 spiro atoms. The van der Waals surface area contributed by atoms with Crippen molar-refractivity contribution in [3.05, 3.63) is 0 Å². The maximum absolute atomic E-state index is 5.38. The van der Waals surface area contributed by atoms with Crippen molar-refractivity contribution in [3.63, 3.8) is 0 Å². The van der Waals surface area contributed by atoms with E-state index < -0.39 is 0 Å². The molecule has 1 aliphatic rings. The van der Waals surface area contributed by atoms with Gasteiger partial charge in [0, 0.05) is 0 Å². The maximum Gasteiger partial charge on any atom is 0.0699 e. The largest absolute Gasteiger partial charge is 0.375 e. The Morgan fingerprint density at radius 3 is 2.00 bits per heavy atom.